The van der Waals surface area contributed by atoms with E-state index in [0.717, 1.165) is 5.56 Å². The Morgan fingerprint density at radius 2 is 1.92 bits per heavy atom. The fraction of sp³-hybridized carbons (Fsp3) is 0.278. The maximum absolute atomic E-state index is 13.5. The second-order valence-corrected chi connectivity index (χ2v) is 9.73. The first-order chi connectivity index (χ1) is 12.4. The molecule has 0 spiro atoms. The Kier molecular flexibility index (Phi) is 6.03. The molecule has 0 amide bonds. The zero-order valence-corrected chi connectivity index (χ0v) is 17.8. The molecule has 1 atom stereocenters. The average molecular weight is 499 g/mol. The molecule has 0 aliphatic carbocycles. The van der Waals surface area contributed by atoms with Gasteiger partial charge in [-0.1, -0.05) is 46.3 Å². The Labute approximate surface area is 170 Å². The van der Waals surface area contributed by atoms with Crippen molar-refractivity contribution in [1.82, 2.24) is 9.21 Å². The Morgan fingerprint density at radius 3 is 2.58 bits per heavy atom. The minimum absolute atomic E-state index is 0.221. The highest BCUT2D eigenvalue weighted by Crippen LogP contribution is 2.32. The largest absolute Gasteiger partial charge is 0.309 e. The highest BCUT2D eigenvalue weighted by Gasteiger charge is 2.36. The Hall–Kier alpha value is -1.40. The molecule has 1 saturated heterocycles. The topological polar surface area (TPSA) is 64.4 Å². The summed E-state index contributed by atoms with van der Waals surface area (Å²) in [7, 11) is -3.75. The summed E-state index contributed by atoms with van der Waals surface area (Å²) in [4.78, 5) is 1.83. The van der Waals surface area contributed by atoms with Gasteiger partial charge in [0.2, 0.25) is 10.0 Å². The summed E-state index contributed by atoms with van der Waals surface area (Å²) in [5, 5.41) is 9.15. The highest BCUT2D eigenvalue weighted by molar-refractivity contribution is 9.11. The first-order valence-corrected chi connectivity index (χ1v) is 11.1. The van der Waals surface area contributed by atoms with Crippen molar-refractivity contribution < 1.29 is 8.42 Å². The summed E-state index contributed by atoms with van der Waals surface area (Å²) in [5.41, 5.74) is 0.914. The van der Waals surface area contributed by atoms with Gasteiger partial charge in [-0.15, -0.1) is 0 Å². The number of hydrogen-bond donors (Lipinski definition) is 0. The van der Waals surface area contributed by atoms with Gasteiger partial charge in [-0.25, -0.2) is 8.42 Å². The van der Waals surface area contributed by atoms with Crippen molar-refractivity contribution in [3.8, 4) is 6.19 Å². The van der Waals surface area contributed by atoms with Crippen LogP contribution in [0.15, 0.2) is 62.4 Å². The minimum atomic E-state index is -3.75. The van der Waals surface area contributed by atoms with Crippen LogP contribution in [-0.2, 0) is 16.6 Å². The van der Waals surface area contributed by atoms with Gasteiger partial charge < -0.3 is 4.90 Å². The minimum Gasteiger partial charge on any atom is -0.309 e. The van der Waals surface area contributed by atoms with E-state index in [4.69, 9.17) is 5.26 Å². The monoisotopic (exact) mass is 497 g/mol. The molecule has 0 radical (unpaired) electrons. The van der Waals surface area contributed by atoms with Crippen molar-refractivity contribution >= 4 is 41.9 Å². The van der Waals surface area contributed by atoms with Gasteiger partial charge in [0.15, 0.2) is 6.19 Å². The summed E-state index contributed by atoms with van der Waals surface area (Å²) >= 11 is 6.72. The van der Waals surface area contributed by atoms with Gasteiger partial charge in [0.25, 0.3) is 0 Å². The third-order valence-corrected chi connectivity index (χ3v) is 7.76. The average Bonchev–Trinajstić information content (AvgIpc) is 3.11. The van der Waals surface area contributed by atoms with Crippen LogP contribution in [0, 0.1) is 11.5 Å². The lowest BCUT2D eigenvalue weighted by Gasteiger charge is -2.28. The number of benzene rings is 2. The fourth-order valence-corrected chi connectivity index (χ4v) is 6.14. The van der Waals surface area contributed by atoms with Gasteiger partial charge in [0.05, 0.1) is 4.90 Å². The van der Waals surface area contributed by atoms with E-state index in [1.807, 2.05) is 30.3 Å². The predicted molar refractivity (Wildman–Crippen MR) is 107 cm³/mol. The third-order valence-electron chi connectivity index (χ3n) is 4.37. The zero-order valence-electron chi connectivity index (χ0n) is 13.8. The Morgan fingerprint density at radius 1 is 1.19 bits per heavy atom. The summed E-state index contributed by atoms with van der Waals surface area (Å²) in [6, 6.07) is 14.4. The smallest absolute Gasteiger partial charge is 0.244 e. The number of hydrogen-bond acceptors (Lipinski definition) is 4. The van der Waals surface area contributed by atoms with Gasteiger partial charge in [-0.3, -0.25) is 0 Å². The van der Waals surface area contributed by atoms with Crippen molar-refractivity contribution in [2.75, 3.05) is 13.1 Å². The fourth-order valence-electron chi connectivity index (χ4n) is 3.04. The summed E-state index contributed by atoms with van der Waals surface area (Å²) in [6.45, 7) is 1.25. The molecule has 3 rings (SSSR count). The molecule has 1 heterocycles. The maximum Gasteiger partial charge on any atom is 0.244 e. The normalized spacial score (nSPS) is 17.5. The van der Waals surface area contributed by atoms with Crippen molar-refractivity contribution in [1.29, 1.82) is 5.26 Å². The molecule has 8 heteroatoms. The SMILES string of the molecule is N#CN1CCC(N(Cc2ccccc2)S(=O)(=O)c2cc(Br)ccc2Br)C1. The van der Waals surface area contributed by atoms with Crippen molar-refractivity contribution in [2.45, 2.75) is 23.9 Å². The van der Waals surface area contributed by atoms with Crippen LogP contribution in [0.1, 0.15) is 12.0 Å². The lowest BCUT2D eigenvalue weighted by Crippen LogP contribution is -2.41. The van der Waals surface area contributed by atoms with Crippen molar-refractivity contribution in [2.24, 2.45) is 0 Å². The molecule has 1 aliphatic heterocycles. The van der Waals surface area contributed by atoms with E-state index in [1.54, 1.807) is 23.1 Å². The summed E-state index contributed by atoms with van der Waals surface area (Å²) < 4.78 is 29.7. The van der Waals surface area contributed by atoms with Gasteiger partial charge in [-0.2, -0.15) is 9.57 Å². The molecule has 2 aromatic carbocycles. The van der Waals surface area contributed by atoms with Crippen LogP contribution in [0.5, 0.6) is 0 Å². The van der Waals surface area contributed by atoms with E-state index in [-0.39, 0.29) is 17.5 Å². The van der Waals surface area contributed by atoms with Crippen LogP contribution >= 0.6 is 31.9 Å². The number of rotatable bonds is 5. The number of sulfonamides is 1. The number of nitriles is 1. The molecule has 0 aromatic heterocycles. The second-order valence-electron chi connectivity index (χ2n) is 6.10. The highest BCUT2D eigenvalue weighted by atomic mass is 79.9. The first-order valence-electron chi connectivity index (χ1n) is 8.07. The van der Waals surface area contributed by atoms with Gasteiger partial charge in [0, 0.05) is 34.6 Å². The van der Waals surface area contributed by atoms with Crippen LogP contribution in [0.2, 0.25) is 0 Å². The van der Waals surface area contributed by atoms with Crippen molar-refractivity contribution in [3.05, 3.63) is 63.0 Å². The van der Waals surface area contributed by atoms with E-state index in [2.05, 4.69) is 38.1 Å². The van der Waals surface area contributed by atoms with Crippen molar-refractivity contribution in [3.63, 3.8) is 0 Å². The maximum atomic E-state index is 13.5. The molecule has 5 nitrogen and oxygen atoms in total. The molecule has 0 saturated carbocycles. The zero-order chi connectivity index (χ0) is 18.7. The molecule has 1 fully saturated rings. The lowest BCUT2D eigenvalue weighted by atomic mass is 10.2. The van der Waals surface area contributed by atoms with Crippen LogP contribution in [0.3, 0.4) is 0 Å². The predicted octanol–water partition coefficient (Wildman–Crippen LogP) is 3.96. The van der Waals surface area contributed by atoms with E-state index >= 15 is 0 Å². The van der Waals surface area contributed by atoms with E-state index in [9.17, 15) is 8.42 Å². The van der Waals surface area contributed by atoms with Crippen LogP contribution in [0.25, 0.3) is 0 Å². The summed E-state index contributed by atoms with van der Waals surface area (Å²) in [6.07, 6.45) is 2.75. The first kappa shape index (κ1) is 19.4. The molecule has 0 N–H and O–H groups in total. The molecule has 1 aliphatic rings. The van der Waals surface area contributed by atoms with Crippen LogP contribution < -0.4 is 0 Å². The van der Waals surface area contributed by atoms with Gasteiger partial charge in [0.1, 0.15) is 0 Å². The quantitative estimate of drug-likeness (QED) is 0.585. The molecule has 1 unspecified atom stereocenters. The summed E-state index contributed by atoms with van der Waals surface area (Å²) in [5.74, 6) is 0. The third kappa shape index (κ3) is 4.12. The second kappa shape index (κ2) is 8.09. The van der Waals surface area contributed by atoms with Gasteiger partial charge in [-0.05, 0) is 46.1 Å². The van der Waals surface area contributed by atoms with E-state index < -0.39 is 10.0 Å². The molecule has 2 aromatic rings. The molecular weight excluding hydrogens is 482 g/mol. The lowest BCUT2D eigenvalue weighted by molar-refractivity contribution is 0.314. The molecule has 0 bridgehead atoms. The van der Waals surface area contributed by atoms with Gasteiger partial charge >= 0.3 is 0 Å². The van der Waals surface area contributed by atoms with E-state index in [1.165, 1.54) is 4.31 Å². The Bertz CT molecular complexity index is 929. The Balaban J connectivity index is 2.02. The number of likely N-dealkylation sites (tertiary alicyclic amines) is 1. The molecular formula is C18H17Br2N3O2S. The molecule has 136 valence electrons. The standard InChI is InChI=1S/C18H17Br2N3O2S/c19-15-6-7-17(20)18(10-15)26(24,25)23(11-14-4-2-1-3-5-14)16-8-9-22(12-16)13-21/h1-7,10,16H,8-9,11-12H2. The number of halogens is 2. The van der Waals surface area contributed by atoms with Crippen LogP contribution in [-0.4, -0.2) is 36.8 Å². The van der Waals surface area contributed by atoms with E-state index in [0.29, 0.717) is 28.5 Å². The number of nitrogens with zero attached hydrogens (tertiary/aromatic N) is 3. The molecule has 26 heavy (non-hydrogen) atoms. The van der Waals surface area contributed by atoms with Crippen LogP contribution in [0.4, 0.5) is 0 Å².